The maximum Gasteiger partial charge on any atom is 0.270 e. The average Bonchev–Trinajstić information content (AvgIpc) is 2.47. The van der Waals surface area contributed by atoms with Gasteiger partial charge in [0.25, 0.3) is 11.6 Å². The van der Waals surface area contributed by atoms with Crippen molar-refractivity contribution in [1.29, 1.82) is 0 Å². The van der Waals surface area contributed by atoms with Crippen LogP contribution in [0.3, 0.4) is 0 Å². The number of aromatic nitrogens is 2. The van der Waals surface area contributed by atoms with E-state index in [1.807, 2.05) is 20.8 Å². The lowest BCUT2D eigenvalue weighted by molar-refractivity contribution is -0.384. The maximum atomic E-state index is 12.1. The molecule has 0 saturated carbocycles. The van der Waals surface area contributed by atoms with E-state index in [-0.39, 0.29) is 16.7 Å². The SMILES string of the molecule is CC(C)(C)c1ncc(NC(=O)c2cccc([N+](=O)[O-])c2)cn1. The molecule has 1 heterocycles. The third-order valence-electron chi connectivity index (χ3n) is 2.90. The molecule has 0 bridgehead atoms. The number of nitrogens with zero attached hydrogens (tertiary/aromatic N) is 3. The minimum absolute atomic E-state index is 0.132. The molecule has 0 radical (unpaired) electrons. The first kappa shape index (κ1) is 15.6. The van der Waals surface area contributed by atoms with Gasteiger partial charge in [-0.2, -0.15) is 0 Å². The molecule has 0 aliphatic heterocycles. The summed E-state index contributed by atoms with van der Waals surface area (Å²) in [5.41, 5.74) is 0.327. The zero-order valence-corrected chi connectivity index (χ0v) is 12.5. The smallest absolute Gasteiger partial charge is 0.270 e. The number of nitrogens with one attached hydrogen (secondary N) is 1. The third kappa shape index (κ3) is 3.63. The molecular weight excluding hydrogens is 284 g/mol. The number of nitro benzene ring substituents is 1. The molecule has 0 spiro atoms. The summed E-state index contributed by atoms with van der Waals surface area (Å²) in [5.74, 6) is 0.219. The predicted molar refractivity (Wildman–Crippen MR) is 81.8 cm³/mol. The van der Waals surface area contributed by atoms with Gasteiger partial charge in [0.2, 0.25) is 0 Å². The Bertz CT molecular complexity index is 705. The van der Waals surface area contributed by atoms with Crippen molar-refractivity contribution in [3.05, 3.63) is 58.2 Å². The maximum absolute atomic E-state index is 12.1. The van der Waals surface area contributed by atoms with Crippen molar-refractivity contribution >= 4 is 17.3 Å². The van der Waals surface area contributed by atoms with Crippen LogP contribution < -0.4 is 5.32 Å². The van der Waals surface area contributed by atoms with Gasteiger partial charge in [-0.15, -0.1) is 0 Å². The van der Waals surface area contributed by atoms with E-state index in [0.717, 1.165) is 0 Å². The first-order valence-corrected chi connectivity index (χ1v) is 6.66. The topological polar surface area (TPSA) is 98.0 Å². The van der Waals surface area contributed by atoms with E-state index in [1.165, 1.54) is 36.7 Å². The second-order valence-electron chi connectivity index (χ2n) is 5.81. The summed E-state index contributed by atoms with van der Waals surface area (Å²) in [6, 6.07) is 5.52. The molecule has 1 N–H and O–H groups in total. The molecule has 0 aliphatic carbocycles. The first-order valence-electron chi connectivity index (χ1n) is 6.66. The lowest BCUT2D eigenvalue weighted by Crippen LogP contribution is -2.17. The van der Waals surface area contributed by atoms with E-state index in [4.69, 9.17) is 0 Å². The van der Waals surface area contributed by atoms with Crippen LogP contribution in [0, 0.1) is 10.1 Å². The highest BCUT2D eigenvalue weighted by Crippen LogP contribution is 2.19. The summed E-state index contributed by atoms with van der Waals surface area (Å²) in [5, 5.41) is 13.3. The number of benzene rings is 1. The second kappa shape index (κ2) is 5.88. The Morgan fingerprint density at radius 3 is 2.41 bits per heavy atom. The minimum atomic E-state index is -0.544. The van der Waals surface area contributed by atoms with Crippen LogP contribution in [0.4, 0.5) is 11.4 Å². The highest BCUT2D eigenvalue weighted by Gasteiger charge is 2.17. The lowest BCUT2D eigenvalue weighted by atomic mass is 9.96. The molecule has 7 nitrogen and oxygen atoms in total. The van der Waals surface area contributed by atoms with Gasteiger partial charge in [-0.1, -0.05) is 26.8 Å². The average molecular weight is 300 g/mol. The van der Waals surface area contributed by atoms with Gasteiger partial charge in [-0.05, 0) is 6.07 Å². The lowest BCUT2D eigenvalue weighted by Gasteiger charge is -2.16. The molecule has 1 amide bonds. The van der Waals surface area contributed by atoms with Gasteiger partial charge < -0.3 is 5.32 Å². The van der Waals surface area contributed by atoms with Crippen molar-refractivity contribution < 1.29 is 9.72 Å². The molecule has 2 rings (SSSR count). The fourth-order valence-electron chi connectivity index (χ4n) is 1.74. The fourth-order valence-corrected chi connectivity index (χ4v) is 1.74. The molecule has 1 aromatic carbocycles. The molecular formula is C15H16N4O3. The summed E-state index contributed by atoms with van der Waals surface area (Å²) in [7, 11) is 0. The van der Waals surface area contributed by atoms with Gasteiger partial charge >= 0.3 is 0 Å². The van der Waals surface area contributed by atoms with Crippen molar-refractivity contribution in [2.75, 3.05) is 5.32 Å². The standard InChI is InChI=1S/C15H16N4O3/c1-15(2,3)14-16-8-11(9-17-14)18-13(20)10-5-4-6-12(7-10)19(21)22/h4-9H,1-3H3,(H,18,20). The zero-order valence-electron chi connectivity index (χ0n) is 12.5. The van der Waals surface area contributed by atoms with Crippen LogP contribution in [0.5, 0.6) is 0 Å². The summed E-state index contributed by atoms with van der Waals surface area (Å²) in [6.45, 7) is 5.97. The van der Waals surface area contributed by atoms with Crippen molar-refractivity contribution in [1.82, 2.24) is 9.97 Å². The highest BCUT2D eigenvalue weighted by atomic mass is 16.6. The van der Waals surface area contributed by atoms with Gasteiger partial charge in [-0.25, -0.2) is 9.97 Å². The van der Waals surface area contributed by atoms with E-state index in [1.54, 1.807) is 0 Å². The highest BCUT2D eigenvalue weighted by molar-refractivity contribution is 6.04. The second-order valence-corrected chi connectivity index (χ2v) is 5.81. The van der Waals surface area contributed by atoms with Crippen molar-refractivity contribution in [2.24, 2.45) is 0 Å². The Kier molecular flexibility index (Phi) is 4.16. The number of hydrogen-bond acceptors (Lipinski definition) is 5. The van der Waals surface area contributed by atoms with E-state index in [9.17, 15) is 14.9 Å². The van der Waals surface area contributed by atoms with Gasteiger partial charge in [0, 0.05) is 23.1 Å². The number of non-ortho nitro benzene ring substituents is 1. The molecule has 7 heteroatoms. The Morgan fingerprint density at radius 1 is 1.23 bits per heavy atom. The van der Waals surface area contributed by atoms with Crippen LogP contribution in [0.1, 0.15) is 37.0 Å². The van der Waals surface area contributed by atoms with Gasteiger partial charge in [0.1, 0.15) is 5.82 Å². The Balaban J connectivity index is 2.15. The number of anilines is 1. The minimum Gasteiger partial charge on any atom is -0.319 e. The molecule has 114 valence electrons. The van der Waals surface area contributed by atoms with E-state index >= 15 is 0 Å². The zero-order chi connectivity index (χ0) is 16.3. The van der Waals surface area contributed by atoms with Crippen molar-refractivity contribution in [2.45, 2.75) is 26.2 Å². The Labute approximate surface area is 127 Å². The summed E-state index contributed by atoms with van der Waals surface area (Å²) in [4.78, 5) is 30.7. The number of carbonyl (C=O) groups excluding carboxylic acids is 1. The Morgan fingerprint density at radius 2 is 1.86 bits per heavy atom. The monoisotopic (exact) mass is 300 g/mol. The normalized spacial score (nSPS) is 11.0. The van der Waals surface area contributed by atoms with Crippen molar-refractivity contribution in [3.63, 3.8) is 0 Å². The molecule has 1 aromatic heterocycles. The summed E-state index contributed by atoms with van der Waals surface area (Å²) >= 11 is 0. The van der Waals surface area contributed by atoms with Gasteiger partial charge in [0.05, 0.1) is 23.0 Å². The number of amides is 1. The molecule has 0 saturated heterocycles. The first-order chi connectivity index (χ1) is 10.3. The summed E-state index contributed by atoms with van der Waals surface area (Å²) in [6.07, 6.45) is 3.03. The Hall–Kier alpha value is -2.83. The van der Waals surface area contributed by atoms with E-state index < -0.39 is 10.8 Å². The van der Waals surface area contributed by atoms with Crippen LogP contribution in [0.2, 0.25) is 0 Å². The largest absolute Gasteiger partial charge is 0.319 e. The van der Waals surface area contributed by atoms with Crippen LogP contribution in [0.25, 0.3) is 0 Å². The summed E-state index contributed by atoms with van der Waals surface area (Å²) < 4.78 is 0. The number of rotatable bonds is 3. The van der Waals surface area contributed by atoms with Crippen LogP contribution >= 0.6 is 0 Å². The van der Waals surface area contributed by atoms with E-state index in [2.05, 4.69) is 15.3 Å². The van der Waals surface area contributed by atoms with Crippen LogP contribution in [0.15, 0.2) is 36.7 Å². The van der Waals surface area contributed by atoms with Crippen LogP contribution in [-0.4, -0.2) is 20.8 Å². The number of carbonyl (C=O) groups is 1. The fraction of sp³-hybridized carbons (Fsp3) is 0.267. The molecule has 0 fully saturated rings. The van der Waals surface area contributed by atoms with Gasteiger partial charge in [0.15, 0.2) is 0 Å². The number of nitro groups is 1. The van der Waals surface area contributed by atoms with Gasteiger partial charge in [-0.3, -0.25) is 14.9 Å². The van der Waals surface area contributed by atoms with Crippen molar-refractivity contribution in [3.8, 4) is 0 Å². The molecule has 22 heavy (non-hydrogen) atoms. The van der Waals surface area contributed by atoms with E-state index in [0.29, 0.717) is 11.5 Å². The quantitative estimate of drug-likeness (QED) is 0.694. The molecule has 2 aromatic rings. The predicted octanol–water partition coefficient (Wildman–Crippen LogP) is 2.93. The third-order valence-corrected chi connectivity index (χ3v) is 2.90. The number of hydrogen-bond donors (Lipinski definition) is 1. The molecule has 0 aliphatic rings. The molecule has 0 atom stereocenters. The van der Waals surface area contributed by atoms with Crippen LogP contribution in [-0.2, 0) is 5.41 Å². The molecule has 0 unspecified atom stereocenters.